The number of carbonyl (C=O) groups is 1. The van der Waals surface area contributed by atoms with Crippen LogP contribution >= 0.6 is 0 Å². The van der Waals surface area contributed by atoms with Crippen molar-refractivity contribution in [3.63, 3.8) is 0 Å². The van der Waals surface area contributed by atoms with Crippen molar-refractivity contribution >= 4 is 17.7 Å². The first kappa shape index (κ1) is 13.9. The van der Waals surface area contributed by atoms with Crippen molar-refractivity contribution in [2.24, 2.45) is 4.99 Å². The summed E-state index contributed by atoms with van der Waals surface area (Å²) in [6.07, 6.45) is 2.96. The SMILES string of the molecule is CC(C)OC(=O)N1CCN=C1Nc1cccc2c1CCC2. The minimum atomic E-state index is -0.332. The van der Waals surface area contributed by atoms with Gasteiger partial charge in [0.2, 0.25) is 5.96 Å². The van der Waals surface area contributed by atoms with Gasteiger partial charge in [0.1, 0.15) is 0 Å². The van der Waals surface area contributed by atoms with Gasteiger partial charge >= 0.3 is 6.09 Å². The summed E-state index contributed by atoms with van der Waals surface area (Å²) in [6, 6.07) is 6.28. The molecule has 1 amide bonds. The van der Waals surface area contributed by atoms with Crippen molar-refractivity contribution in [2.45, 2.75) is 39.2 Å². The Labute approximate surface area is 125 Å². The van der Waals surface area contributed by atoms with E-state index in [9.17, 15) is 4.79 Å². The molecule has 0 saturated heterocycles. The molecule has 1 aromatic carbocycles. The summed E-state index contributed by atoms with van der Waals surface area (Å²) in [4.78, 5) is 18.0. The fourth-order valence-corrected chi connectivity index (χ4v) is 2.85. The Kier molecular flexibility index (Phi) is 3.82. The van der Waals surface area contributed by atoms with Crippen LogP contribution in [0.5, 0.6) is 0 Å². The maximum Gasteiger partial charge on any atom is 0.416 e. The number of hydrogen-bond donors (Lipinski definition) is 1. The molecule has 5 heteroatoms. The van der Waals surface area contributed by atoms with Crippen LogP contribution in [0.3, 0.4) is 0 Å². The minimum Gasteiger partial charge on any atom is -0.446 e. The van der Waals surface area contributed by atoms with Crippen LogP contribution in [0, 0.1) is 0 Å². The zero-order valence-electron chi connectivity index (χ0n) is 12.6. The Hall–Kier alpha value is -2.04. The van der Waals surface area contributed by atoms with E-state index < -0.39 is 0 Å². The molecule has 1 heterocycles. The minimum absolute atomic E-state index is 0.125. The molecule has 3 rings (SSSR count). The maximum atomic E-state index is 12.1. The van der Waals surface area contributed by atoms with Crippen LogP contribution in [0.25, 0.3) is 0 Å². The van der Waals surface area contributed by atoms with Crippen molar-refractivity contribution < 1.29 is 9.53 Å². The number of aliphatic imine (C=N–C) groups is 1. The summed E-state index contributed by atoms with van der Waals surface area (Å²) in [5, 5.41) is 3.32. The smallest absolute Gasteiger partial charge is 0.416 e. The van der Waals surface area contributed by atoms with Crippen molar-refractivity contribution in [3.05, 3.63) is 29.3 Å². The second-order valence-corrected chi connectivity index (χ2v) is 5.71. The molecule has 0 aromatic heterocycles. The van der Waals surface area contributed by atoms with Crippen LogP contribution in [0.1, 0.15) is 31.4 Å². The second-order valence-electron chi connectivity index (χ2n) is 5.71. The zero-order valence-corrected chi connectivity index (χ0v) is 12.6. The molecule has 112 valence electrons. The largest absolute Gasteiger partial charge is 0.446 e. The first-order valence-corrected chi connectivity index (χ1v) is 7.55. The summed E-state index contributed by atoms with van der Waals surface area (Å²) in [6.45, 7) is 4.89. The highest BCUT2D eigenvalue weighted by molar-refractivity contribution is 6.03. The normalized spacial score (nSPS) is 16.9. The van der Waals surface area contributed by atoms with Gasteiger partial charge in [-0.1, -0.05) is 12.1 Å². The van der Waals surface area contributed by atoms with Crippen molar-refractivity contribution in [1.29, 1.82) is 0 Å². The van der Waals surface area contributed by atoms with E-state index in [2.05, 4.69) is 28.5 Å². The van der Waals surface area contributed by atoms with Gasteiger partial charge < -0.3 is 10.1 Å². The highest BCUT2D eigenvalue weighted by Gasteiger charge is 2.27. The number of rotatable bonds is 2. The molecule has 21 heavy (non-hydrogen) atoms. The fraction of sp³-hybridized carbons (Fsp3) is 0.500. The maximum absolute atomic E-state index is 12.1. The second kappa shape index (κ2) is 5.76. The molecule has 1 N–H and O–H groups in total. The summed E-state index contributed by atoms with van der Waals surface area (Å²) >= 11 is 0. The molecule has 1 aromatic rings. The number of nitrogens with zero attached hydrogens (tertiary/aromatic N) is 2. The van der Waals surface area contributed by atoms with Gasteiger partial charge in [-0.25, -0.2) is 9.69 Å². The molecule has 0 spiro atoms. The molecule has 5 nitrogen and oxygen atoms in total. The Bertz CT molecular complexity index is 581. The third kappa shape index (κ3) is 2.86. The van der Waals surface area contributed by atoms with Gasteiger partial charge in [0, 0.05) is 5.69 Å². The zero-order chi connectivity index (χ0) is 14.8. The molecule has 0 atom stereocenters. The fourth-order valence-electron chi connectivity index (χ4n) is 2.85. The Morgan fingerprint density at radius 3 is 3.05 bits per heavy atom. The lowest BCUT2D eigenvalue weighted by atomic mass is 10.1. The van der Waals surface area contributed by atoms with Crippen LogP contribution in [0.2, 0.25) is 0 Å². The molecule has 2 aliphatic rings. The highest BCUT2D eigenvalue weighted by atomic mass is 16.6. The first-order chi connectivity index (χ1) is 10.1. The number of benzene rings is 1. The summed E-state index contributed by atoms with van der Waals surface area (Å²) in [7, 11) is 0. The third-order valence-electron chi connectivity index (χ3n) is 3.79. The van der Waals surface area contributed by atoms with Gasteiger partial charge in [0.05, 0.1) is 19.2 Å². The number of hydrogen-bond acceptors (Lipinski definition) is 4. The van der Waals surface area contributed by atoms with E-state index >= 15 is 0 Å². The number of aryl methyl sites for hydroxylation is 1. The third-order valence-corrected chi connectivity index (χ3v) is 3.79. The Morgan fingerprint density at radius 2 is 2.24 bits per heavy atom. The number of carbonyl (C=O) groups excluding carboxylic acids is 1. The molecule has 0 unspecified atom stereocenters. The summed E-state index contributed by atoms with van der Waals surface area (Å²) < 4.78 is 5.26. The van der Waals surface area contributed by atoms with E-state index in [0.29, 0.717) is 19.0 Å². The van der Waals surface area contributed by atoms with E-state index in [1.807, 2.05) is 13.8 Å². The number of fused-ring (bicyclic) bond motifs is 1. The van der Waals surface area contributed by atoms with Crippen molar-refractivity contribution in [1.82, 2.24) is 4.90 Å². The molecule has 0 bridgehead atoms. The van der Waals surface area contributed by atoms with Gasteiger partial charge in [-0.15, -0.1) is 0 Å². The van der Waals surface area contributed by atoms with Gasteiger partial charge in [0.25, 0.3) is 0 Å². The van der Waals surface area contributed by atoms with Gasteiger partial charge in [-0.2, -0.15) is 0 Å². The number of amides is 1. The van der Waals surface area contributed by atoms with E-state index in [0.717, 1.165) is 18.5 Å². The lowest BCUT2D eigenvalue weighted by molar-refractivity contribution is 0.0962. The molecular formula is C16H21N3O2. The average Bonchev–Trinajstić information content (AvgIpc) is 3.06. The summed E-state index contributed by atoms with van der Waals surface area (Å²) in [5.74, 6) is 0.598. The van der Waals surface area contributed by atoms with Crippen molar-refractivity contribution in [2.75, 3.05) is 18.4 Å². The molecule has 0 saturated carbocycles. The first-order valence-electron chi connectivity index (χ1n) is 7.55. The van der Waals surface area contributed by atoms with E-state index in [1.165, 1.54) is 17.5 Å². The highest BCUT2D eigenvalue weighted by Crippen LogP contribution is 2.29. The van der Waals surface area contributed by atoms with Gasteiger partial charge in [-0.3, -0.25) is 4.99 Å². The molecule has 1 aliphatic carbocycles. The molecule has 0 radical (unpaired) electrons. The van der Waals surface area contributed by atoms with Crippen LogP contribution in [0.15, 0.2) is 23.2 Å². The van der Waals surface area contributed by atoms with E-state index in [-0.39, 0.29) is 12.2 Å². The van der Waals surface area contributed by atoms with Crippen LogP contribution in [0.4, 0.5) is 10.5 Å². The standard InChI is InChI=1S/C16H21N3O2/c1-11(2)21-16(20)19-10-9-17-15(19)18-14-8-4-6-12-5-3-7-13(12)14/h4,6,8,11H,3,5,7,9-10H2,1-2H3,(H,17,18). The average molecular weight is 287 g/mol. The van der Waals surface area contributed by atoms with Gasteiger partial charge in [-0.05, 0) is 50.3 Å². The Morgan fingerprint density at radius 1 is 1.38 bits per heavy atom. The van der Waals surface area contributed by atoms with Crippen molar-refractivity contribution in [3.8, 4) is 0 Å². The van der Waals surface area contributed by atoms with E-state index in [4.69, 9.17) is 4.74 Å². The topological polar surface area (TPSA) is 53.9 Å². The molecule has 1 aliphatic heterocycles. The van der Waals surface area contributed by atoms with Crippen LogP contribution in [-0.2, 0) is 17.6 Å². The number of anilines is 1. The van der Waals surface area contributed by atoms with Crippen LogP contribution < -0.4 is 5.32 Å². The number of nitrogens with one attached hydrogen (secondary N) is 1. The number of guanidine groups is 1. The summed E-state index contributed by atoms with van der Waals surface area (Å²) in [5.41, 5.74) is 3.81. The molecule has 0 fully saturated rings. The lowest BCUT2D eigenvalue weighted by Gasteiger charge is -2.21. The van der Waals surface area contributed by atoms with Crippen LogP contribution in [-0.4, -0.2) is 36.1 Å². The Balaban J connectivity index is 1.75. The predicted molar refractivity (Wildman–Crippen MR) is 82.7 cm³/mol. The predicted octanol–water partition coefficient (Wildman–Crippen LogP) is 2.80. The van der Waals surface area contributed by atoms with E-state index in [1.54, 1.807) is 4.90 Å². The number of ether oxygens (including phenoxy) is 1. The lowest BCUT2D eigenvalue weighted by Crippen LogP contribution is -2.39. The monoisotopic (exact) mass is 287 g/mol. The van der Waals surface area contributed by atoms with Gasteiger partial charge in [0.15, 0.2) is 0 Å². The quantitative estimate of drug-likeness (QED) is 0.910. The molecular weight excluding hydrogens is 266 g/mol.